The molecule has 3 rings (SSSR count). The van der Waals surface area contributed by atoms with Gasteiger partial charge in [0.05, 0.1) is 0 Å². The maximum atomic E-state index is 11.3. The Bertz CT molecular complexity index is 672. The van der Waals surface area contributed by atoms with Crippen molar-refractivity contribution in [3.63, 3.8) is 0 Å². The van der Waals surface area contributed by atoms with Crippen molar-refractivity contribution in [2.75, 3.05) is 5.32 Å². The van der Waals surface area contributed by atoms with Crippen LogP contribution >= 0.6 is 11.3 Å². The van der Waals surface area contributed by atoms with E-state index in [9.17, 15) is 20.0 Å². The number of nitrogens with zero attached hydrogens (tertiary/aromatic N) is 3. The van der Waals surface area contributed by atoms with Gasteiger partial charge in [0, 0.05) is 5.38 Å². The number of imidazole rings is 1. The van der Waals surface area contributed by atoms with Crippen LogP contribution in [0.4, 0.5) is 11.6 Å². The van der Waals surface area contributed by atoms with Gasteiger partial charge >= 0.3 is 11.8 Å². The number of hydrogen-bond acceptors (Lipinski definition) is 6. The van der Waals surface area contributed by atoms with Crippen molar-refractivity contribution in [3.05, 3.63) is 21.7 Å². The van der Waals surface area contributed by atoms with E-state index in [1.807, 2.05) is 0 Å². The van der Waals surface area contributed by atoms with Gasteiger partial charge in [-0.3, -0.25) is 0 Å². The lowest BCUT2D eigenvalue weighted by Gasteiger charge is -2.37. The number of thiazole rings is 1. The molecule has 0 aliphatic heterocycles. The van der Waals surface area contributed by atoms with Gasteiger partial charge in [-0.25, -0.2) is 4.79 Å². The van der Waals surface area contributed by atoms with Crippen molar-refractivity contribution in [1.29, 1.82) is 0 Å². The highest BCUT2D eigenvalue weighted by Gasteiger charge is 2.46. The summed E-state index contributed by atoms with van der Waals surface area (Å²) in [4.78, 5) is 26.4. The summed E-state index contributed by atoms with van der Waals surface area (Å²) in [5.74, 6) is -1.19. The van der Waals surface area contributed by atoms with Crippen LogP contribution in [0.15, 0.2) is 11.6 Å². The number of anilines is 1. The van der Waals surface area contributed by atoms with E-state index >= 15 is 0 Å². The molecular weight excluding hydrogens is 272 g/mol. The first-order valence-corrected chi connectivity index (χ1v) is 6.53. The van der Waals surface area contributed by atoms with Gasteiger partial charge in [0.25, 0.3) is 4.96 Å². The van der Waals surface area contributed by atoms with Gasteiger partial charge in [-0.15, -0.1) is 0 Å². The number of carboxylic acid groups (broad SMARTS) is 1. The van der Waals surface area contributed by atoms with Crippen molar-refractivity contribution in [3.8, 4) is 0 Å². The zero-order chi connectivity index (χ0) is 13.6. The van der Waals surface area contributed by atoms with Crippen LogP contribution < -0.4 is 5.32 Å². The number of hydrogen-bond donors (Lipinski definition) is 2. The molecule has 0 aromatic carbocycles. The van der Waals surface area contributed by atoms with Crippen LogP contribution in [0.3, 0.4) is 0 Å². The van der Waals surface area contributed by atoms with E-state index < -0.39 is 16.4 Å². The lowest BCUT2D eigenvalue weighted by Crippen LogP contribution is -2.52. The normalized spacial score (nSPS) is 17.1. The Labute approximate surface area is 110 Å². The Kier molecular flexibility index (Phi) is 2.45. The topological polar surface area (TPSA) is 110 Å². The predicted octanol–water partition coefficient (Wildman–Crippen LogP) is 1.72. The minimum atomic E-state index is -1.12. The molecule has 9 heteroatoms. The number of nitro groups is 1. The third kappa shape index (κ3) is 1.65. The first kappa shape index (κ1) is 11.9. The van der Waals surface area contributed by atoms with E-state index in [1.54, 1.807) is 11.6 Å². The van der Waals surface area contributed by atoms with Crippen molar-refractivity contribution in [1.82, 2.24) is 9.38 Å². The molecule has 0 spiro atoms. The standard InChI is InChI=1S/C10H10N4O4S/c15-8(16)10(2-1-3-10)12-6-7(14(17)18)13-4-5-19-9(13)11-6/h4-5,12H,1-3H2,(H,15,16). The summed E-state index contributed by atoms with van der Waals surface area (Å²) in [6, 6.07) is 0. The third-order valence-electron chi connectivity index (χ3n) is 3.38. The monoisotopic (exact) mass is 282 g/mol. The molecule has 19 heavy (non-hydrogen) atoms. The Morgan fingerprint density at radius 3 is 2.89 bits per heavy atom. The molecule has 0 radical (unpaired) electrons. The molecule has 2 N–H and O–H groups in total. The molecular formula is C10H10N4O4S. The van der Waals surface area contributed by atoms with E-state index in [1.165, 1.54) is 15.7 Å². The van der Waals surface area contributed by atoms with Gasteiger partial charge < -0.3 is 20.5 Å². The van der Waals surface area contributed by atoms with Crippen molar-refractivity contribution < 1.29 is 14.8 Å². The summed E-state index contributed by atoms with van der Waals surface area (Å²) in [6.07, 6.45) is 3.23. The average molecular weight is 282 g/mol. The second-order valence-corrected chi connectivity index (χ2v) is 5.34. The fourth-order valence-corrected chi connectivity index (χ4v) is 2.89. The van der Waals surface area contributed by atoms with Crippen LogP contribution in [0.1, 0.15) is 19.3 Å². The molecule has 0 unspecified atom stereocenters. The Morgan fingerprint density at radius 2 is 2.37 bits per heavy atom. The maximum absolute atomic E-state index is 11.3. The molecule has 0 atom stereocenters. The van der Waals surface area contributed by atoms with Crippen LogP contribution in [0, 0.1) is 10.1 Å². The molecule has 0 bridgehead atoms. The molecule has 1 fully saturated rings. The minimum absolute atomic E-state index is 0.0268. The molecule has 2 aromatic rings. The van der Waals surface area contributed by atoms with Gasteiger partial charge in [0.1, 0.15) is 11.7 Å². The molecule has 1 saturated carbocycles. The molecule has 8 nitrogen and oxygen atoms in total. The van der Waals surface area contributed by atoms with Gasteiger partial charge in [0.2, 0.25) is 5.82 Å². The number of fused-ring (bicyclic) bond motifs is 1. The van der Waals surface area contributed by atoms with Crippen molar-refractivity contribution in [2.24, 2.45) is 0 Å². The fourth-order valence-electron chi connectivity index (χ4n) is 2.18. The van der Waals surface area contributed by atoms with Crippen LogP contribution in [-0.2, 0) is 4.79 Å². The average Bonchev–Trinajstić information content (AvgIpc) is 2.80. The molecule has 1 aliphatic rings. The number of aliphatic carboxylic acids is 1. The quantitative estimate of drug-likeness (QED) is 0.652. The molecule has 100 valence electrons. The zero-order valence-corrected chi connectivity index (χ0v) is 10.5. The SMILES string of the molecule is O=C(O)C1(Nc2nc3sccn3c2[N+](=O)[O-])CCC1. The Balaban J connectivity index is 2.05. The van der Waals surface area contributed by atoms with Crippen molar-refractivity contribution in [2.45, 2.75) is 24.8 Å². The smallest absolute Gasteiger partial charge is 0.372 e. The van der Waals surface area contributed by atoms with Crippen LogP contribution in [-0.4, -0.2) is 30.9 Å². The lowest BCUT2D eigenvalue weighted by molar-refractivity contribution is -0.389. The highest BCUT2D eigenvalue weighted by molar-refractivity contribution is 7.15. The van der Waals surface area contributed by atoms with E-state index in [2.05, 4.69) is 10.3 Å². The third-order valence-corrected chi connectivity index (χ3v) is 4.14. The van der Waals surface area contributed by atoms with E-state index in [4.69, 9.17) is 0 Å². The van der Waals surface area contributed by atoms with Crippen LogP contribution in [0.5, 0.6) is 0 Å². The molecule has 1 aliphatic carbocycles. The molecule has 0 amide bonds. The Morgan fingerprint density at radius 1 is 1.63 bits per heavy atom. The number of rotatable bonds is 4. The summed E-state index contributed by atoms with van der Waals surface area (Å²) in [5, 5.41) is 24.8. The first-order valence-electron chi connectivity index (χ1n) is 5.65. The first-order chi connectivity index (χ1) is 9.03. The van der Waals surface area contributed by atoms with Gasteiger partial charge in [0.15, 0.2) is 0 Å². The molecule has 2 heterocycles. The number of aromatic nitrogens is 2. The fraction of sp³-hybridized carbons (Fsp3) is 0.400. The van der Waals surface area contributed by atoms with Gasteiger partial charge in [-0.2, -0.15) is 9.38 Å². The summed E-state index contributed by atoms with van der Waals surface area (Å²) in [6.45, 7) is 0. The number of carboxylic acids is 1. The second kappa shape index (κ2) is 3.92. The molecule has 2 aromatic heterocycles. The minimum Gasteiger partial charge on any atom is -0.480 e. The van der Waals surface area contributed by atoms with E-state index in [-0.39, 0.29) is 11.6 Å². The summed E-state index contributed by atoms with van der Waals surface area (Å²) in [7, 11) is 0. The number of nitrogens with one attached hydrogen (secondary N) is 1. The van der Waals surface area contributed by atoms with Gasteiger partial charge in [-0.1, -0.05) is 11.3 Å². The summed E-state index contributed by atoms with van der Waals surface area (Å²) >= 11 is 1.26. The molecule has 0 saturated heterocycles. The highest BCUT2D eigenvalue weighted by Crippen LogP contribution is 2.38. The lowest BCUT2D eigenvalue weighted by atomic mass is 9.77. The van der Waals surface area contributed by atoms with E-state index in [0.717, 1.165) is 6.42 Å². The van der Waals surface area contributed by atoms with Crippen LogP contribution in [0.2, 0.25) is 0 Å². The summed E-state index contributed by atoms with van der Waals surface area (Å²) in [5.41, 5.74) is -1.12. The number of carbonyl (C=O) groups is 1. The second-order valence-electron chi connectivity index (χ2n) is 4.46. The Hall–Kier alpha value is -2.16. The van der Waals surface area contributed by atoms with Gasteiger partial charge in [-0.05, 0) is 24.2 Å². The maximum Gasteiger partial charge on any atom is 0.372 e. The van der Waals surface area contributed by atoms with E-state index in [0.29, 0.717) is 17.8 Å². The zero-order valence-electron chi connectivity index (χ0n) is 9.70. The van der Waals surface area contributed by atoms with Crippen molar-refractivity contribution >= 4 is 33.9 Å². The predicted molar refractivity (Wildman–Crippen MR) is 67.6 cm³/mol. The highest BCUT2D eigenvalue weighted by atomic mass is 32.1. The van der Waals surface area contributed by atoms with Crippen LogP contribution in [0.25, 0.3) is 4.96 Å². The summed E-state index contributed by atoms with van der Waals surface area (Å²) < 4.78 is 1.35. The largest absolute Gasteiger partial charge is 0.480 e.